The SMILES string of the molecule is CC(c1nc2cc(Cl)ccc2c(=O)n1C)N(C)C(=O)NC1CCCCC1. The number of carbonyl (C=O) groups is 1. The monoisotopic (exact) mass is 376 g/mol. The van der Waals surface area contributed by atoms with E-state index in [0.29, 0.717) is 21.7 Å². The van der Waals surface area contributed by atoms with Crippen molar-refractivity contribution in [2.45, 2.75) is 51.1 Å². The van der Waals surface area contributed by atoms with Crippen molar-refractivity contribution in [3.63, 3.8) is 0 Å². The number of nitrogens with one attached hydrogen (secondary N) is 1. The van der Waals surface area contributed by atoms with Gasteiger partial charge < -0.3 is 10.2 Å². The van der Waals surface area contributed by atoms with Crippen molar-refractivity contribution < 1.29 is 4.79 Å². The number of rotatable bonds is 3. The minimum Gasteiger partial charge on any atom is -0.335 e. The number of nitrogens with zero attached hydrogens (tertiary/aromatic N) is 3. The zero-order chi connectivity index (χ0) is 18.8. The molecular formula is C19H25ClN4O2. The number of hydrogen-bond acceptors (Lipinski definition) is 3. The summed E-state index contributed by atoms with van der Waals surface area (Å²) in [6, 6.07) is 4.79. The summed E-state index contributed by atoms with van der Waals surface area (Å²) in [6.45, 7) is 1.87. The van der Waals surface area contributed by atoms with E-state index in [4.69, 9.17) is 11.6 Å². The Morgan fingerprint density at radius 2 is 2.04 bits per heavy atom. The van der Waals surface area contributed by atoms with E-state index < -0.39 is 0 Å². The molecule has 0 aliphatic heterocycles. The summed E-state index contributed by atoms with van der Waals surface area (Å²) in [7, 11) is 3.42. The number of urea groups is 1. The number of halogens is 1. The van der Waals surface area contributed by atoms with Crippen molar-refractivity contribution in [1.29, 1.82) is 0 Å². The number of fused-ring (bicyclic) bond motifs is 1. The van der Waals surface area contributed by atoms with Crippen LogP contribution in [0.1, 0.15) is 50.9 Å². The van der Waals surface area contributed by atoms with E-state index in [1.807, 2.05) is 6.92 Å². The van der Waals surface area contributed by atoms with Gasteiger partial charge in [-0.3, -0.25) is 9.36 Å². The van der Waals surface area contributed by atoms with Crippen LogP contribution in [0.4, 0.5) is 4.79 Å². The summed E-state index contributed by atoms with van der Waals surface area (Å²) in [6.07, 6.45) is 5.61. The van der Waals surface area contributed by atoms with E-state index in [-0.39, 0.29) is 23.7 Å². The summed E-state index contributed by atoms with van der Waals surface area (Å²) in [5, 5.41) is 4.14. The van der Waals surface area contributed by atoms with Crippen LogP contribution in [0, 0.1) is 0 Å². The Kier molecular flexibility index (Phi) is 5.51. The molecule has 0 bridgehead atoms. The van der Waals surface area contributed by atoms with Crippen LogP contribution in [0.5, 0.6) is 0 Å². The number of amides is 2. The molecule has 2 amide bonds. The average Bonchev–Trinajstić information content (AvgIpc) is 2.64. The largest absolute Gasteiger partial charge is 0.335 e. The van der Waals surface area contributed by atoms with Gasteiger partial charge >= 0.3 is 6.03 Å². The Morgan fingerprint density at radius 3 is 2.73 bits per heavy atom. The predicted molar refractivity (Wildman–Crippen MR) is 104 cm³/mol. The smallest absolute Gasteiger partial charge is 0.317 e. The molecule has 1 atom stereocenters. The van der Waals surface area contributed by atoms with Gasteiger partial charge in [0.05, 0.1) is 16.9 Å². The van der Waals surface area contributed by atoms with Crippen molar-refractivity contribution in [2.24, 2.45) is 7.05 Å². The fourth-order valence-electron chi connectivity index (χ4n) is 3.51. The maximum Gasteiger partial charge on any atom is 0.317 e. The molecule has 1 N–H and O–H groups in total. The molecular weight excluding hydrogens is 352 g/mol. The summed E-state index contributed by atoms with van der Waals surface area (Å²) in [5.41, 5.74) is 0.401. The van der Waals surface area contributed by atoms with E-state index in [1.165, 1.54) is 11.0 Å². The first-order valence-corrected chi connectivity index (χ1v) is 9.46. The van der Waals surface area contributed by atoms with Crippen LogP contribution in [0.2, 0.25) is 5.02 Å². The van der Waals surface area contributed by atoms with Crippen molar-refractivity contribution in [2.75, 3.05) is 7.05 Å². The minimum atomic E-state index is -0.348. The summed E-state index contributed by atoms with van der Waals surface area (Å²) in [4.78, 5) is 31.5. The molecule has 0 spiro atoms. The topological polar surface area (TPSA) is 67.2 Å². The molecule has 1 unspecified atom stereocenters. The summed E-state index contributed by atoms with van der Waals surface area (Å²) >= 11 is 6.04. The highest BCUT2D eigenvalue weighted by molar-refractivity contribution is 6.31. The maximum absolute atomic E-state index is 12.6. The molecule has 3 rings (SSSR count). The van der Waals surface area contributed by atoms with Crippen LogP contribution in [0.25, 0.3) is 10.9 Å². The van der Waals surface area contributed by atoms with Crippen molar-refractivity contribution in [1.82, 2.24) is 19.8 Å². The highest BCUT2D eigenvalue weighted by Crippen LogP contribution is 2.22. The molecule has 0 radical (unpaired) electrons. The average molecular weight is 377 g/mol. The first kappa shape index (κ1) is 18.7. The normalized spacial score (nSPS) is 16.5. The number of hydrogen-bond donors (Lipinski definition) is 1. The second kappa shape index (κ2) is 7.66. The van der Waals surface area contributed by atoms with Gasteiger partial charge in [-0.2, -0.15) is 0 Å². The first-order chi connectivity index (χ1) is 12.4. The summed E-state index contributed by atoms with van der Waals surface area (Å²) < 4.78 is 1.51. The molecule has 1 heterocycles. The highest BCUT2D eigenvalue weighted by atomic mass is 35.5. The third-order valence-corrected chi connectivity index (χ3v) is 5.52. The molecule has 1 aliphatic rings. The van der Waals surface area contributed by atoms with Gasteiger partial charge in [0.15, 0.2) is 0 Å². The third-order valence-electron chi connectivity index (χ3n) is 5.28. The molecule has 0 saturated heterocycles. The predicted octanol–water partition coefficient (Wildman–Crippen LogP) is 3.62. The van der Waals surface area contributed by atoms with Crippen LogP contribution in [0.3, 0.4) is 0 Å². The lowest BCUT2D eigenvalue weighted by Gasteiger charge is -2.30. The van der Waals surface area contributed by atoms with Crippen molar-refractivity contribution in [3.8, 4) is 0 Å². The van der Waals surface area contributed by atoms with E-state index in [1.54, 1.807) is 37.2 Å². The van der Waals surface area contributed by atoms with E-state index in [0.717, 1.165) is 25.7 Å². The Labute approximate surface area is 158 Å². The Hall–Kier alpha value is -2.08. The van der Waals surface area contributed by atoms with Gasteiger partial charge in [0, 0.05) is 25.2 Å². The van der Waals surface area contributed by atoms with E-state index >= 15 is 0 Å². The lowest BCUT2D eigenvalue weighted by molar-refractivity contribution is 0.183. The summed E-state index contributed by atoms with van der Waals surface area (Å²) in [5.74, 6) is 0.533. The van der Waals surface area contributed by atoms with Crippen LogP contribution in [-0.4, -0.2) is 33.6 Å². The third kappa shape index (κ3) is 3.70. The van der Waals surface area contributed by atoms with Gasteiger partial charge in [-0.1, -0.05) is 30.9 Å². The van der Waals surface area contributed by atoms with Gasteiger partial charge in [0.1, 0.15) is 5.82 Å². The van der Waals surface area contributed by atoms with Crippen LogP contribution in [0.15, 0.2) is 23.0 Å². The molecule has 1 fully saturated rings. The van der Waals surface area contributed by atoms with Gasteiger partial charge in [-0.25, -0.2) is 9.78 Å². The molecule has 1 aromatic carbocycles. The van der Waals surface area contributed by atoms with Crippen molar-refractivity contribution >= 4 is 28.5 Å². The molecule has 6 nitrogen and oxygen atoms in total. The van der Waals surface area contributed by atoms with Crippen molar-refractivity contribution in [3.05, 3.63) is 39.4 Å². The second-order valence-electron chi connectivity index (χ2n) is 7.07. The maximum atomic E-state index is 12.6. The second-order valence-corrected chi connectivity index (χ2v) is 7.50. The quantitative estimate of drug-likeness (QED) is 0.889. The standard InChI is InChI=1S/C19H25ClN4O2/c1-12(23(2)19(26)21-14-7-5-4-6-8-14)17-22-16-11-13(20)9-10-15(16)18(25)24(17)3/h9-12,14H,4-8H2,1-3H3,(H,21,26). The lowest BCUT2D eigenvalue weighted by Crippen LogP contribution is -2.45. The first-order valence-electron chi connectivity index (χ1n) is 9.08. The zero-order valence-electron chi connectivity index (χ0n) is 15.5. The minimum absolute atomic E-state index is 0.134. The highest BCUT2D eigenvalue weighted by Gasteiger charge is 2.24. The fraction of sp³-hybridized carbons (Fsp3) is 0.526. The van der Waals surface area contributed by atoms with Crippen LogP contribution in [-0.2, 0) is 7.05 Å². The van der Waals surface area contributed by atoms with Crippen LogP contribution < -0.4 is 10.9 Å². The Bertz CT molecular complexity index is 874. The molecule has 1 aromatic heterocycles. The fourth-order valence-corrected chi connectivity index (χ4v) is 3.67. The molecule has 1 saturated carbocycles. The van der Waals surface area contributed by atoms with Gasteiger partial charge in [-0.15, -0.1) is 0 Å². The molecule has 140 valence electrons. The van der Waals surface area contributed by atoms with Gasteiger partial charge in [-0.05, 0) is 38.0 Å². The molecule has 7 heteroatoms. The molecule has 26 heavy (non-hydrogen) atoms. The lowest BCUT2D eigenvalue weighted by atomic mass is 9.96. The molecule has 2 aromatic rings. The molecule has 1 aliphatic carbocycles. The Morgan fingerprint density at radius 1 is 1.35 bits per heavy atom. The van der Waals surface area contributed by atoms with E-state index in [9.17, 15) is 9.59 Å². The van der Waals surface area contributed by atoms with Gasteiger partial charge in [0.2, 0.25) is 0 Å². The number of aromatic nitrogens is 2. The van der Waals surface area contributed by atoms with Crippen LogP contribution >= 0.6 is 11.6 Å². The van der Waals surface area contributed by atoms with E-state index in [2.05, 4.69) is 10.3 Å². The zero-order valence-corrected chi connectivity index (χ0v) is 16.2. The number of benzene rings is 1. The van der Waals surface area contributed by atoms with Gasteiger partial charge in [0.25, 0.3) is 5.56 Å². The number of carbonyl (C=O) groups excluding carboxylic acids is 1. The Balaban J connectivity index is 1.86.